The predicted molar refractivity (Wildman–Crippen MR) is 85.2 cm³/mol. The number of benzene rings is 1. The van der Waals surface area contributed by atoms with E-state index in [9.17, 15) is 5.11 Å². The Morgan fingerprint density at radius 2 is 2.00 bits per heavy atom. The van der Waals surface area contributed by atoms with Gasteiger partial charge in [0, 0.05) is 18.8 Å². The van der Waals surface area contributed by atoms with Crippen molar-refractivity contribution >= 4 is 5.69 Å². The van der Waals surface area contributed by atoms with Gasteiger partial charge in [0.2, 0.25) is 0 Å². The number of aliphatic hydroxyl groups excluding tert-OH is 1. The molecule has 0 aliphatic heterocycles. The smallest absolute Gasteiger partial charge is 0.0945 e. The number of nitrogens with one attached hydrogen (secondary N) is 1. The van der Waals surface area contributed by atoms with E-state index in [4.69, 9.17) is 4.74 Å². The van der Waals surface area contributed by atoms with Crippen LogP contribution in [0, 0.1) is 5.92 Å². The van der Waals surface area contributed by atoms with Crippen LogP contribution in [0.3, 0.4) is 0 Å². The van der Waals surface area contributed by atoms with Crippen LogP contribution >= 0.6 is 0 Å². The molecule has 0 aliphatic carbocycles. The molecule has 0 radical (unpaired) electrons. The van der Waals surface area contributed by atoms with E-state index in [1.807, 2.05) is 12.1 Å². The van der Waals surface area contributed by atoms with E-state index in [0.717, 1.165) is 31.1 Å². The fraction of sp³-hybridized carbons (Fsp3) is 0.647. The molecule has 0 aliphatic rings. The fourth-order valence-corrected chi connectivity index (χ4v) is 2.10. The second-order valence-electron chi connectivity index (χ2n) is 5.66. The molecule has 1 aromatic rings. The summed E-state index contributed by atoms with van der Waals surface area (Å²) in [6, 6.07) is 8.21. The molecule has 1 unspecified atom stereocenters. The van der Waals surface area contributed by atoms with Crippen molar-refractivity contribution < 1.29 is 9.84 Å². The highest BCUT2D eigenvalue weighted by atomic mass is 16.5. The zero-order valence-electron chi connectivity index (χ0n) is 13.1. The summed E-state index contributed by atoms with van der Waals surface area (Å²) in [6.45, 7) is 8.23. The lowest BCUT2D eigenvalue weighted by atomic mass is 10.1. The summed E-state index contributed by atoms with van der Waals surface area (Å²) in [4.78, 5) is 0. The van der Waals surface area contributed by atoms with Gasteiger partial charge in [-0.2, -0.15) is 0 Å². The fourth-order valence-electron chi connectivity index (χ4n) is 2.10. The zero-order chi connectivity index (χ0) is 14.8. The molecule has 0 bridgehead atoms. The standard InChI is InChI=1S/C17H29NO2/c1-4-15-9-5-6-10-17(15)18-12-16(19)13-20-11-7-8-14(2)3/h5-6,9-10,14,16,18-19H,4,7-8,11-13H2,1-3H3. The van der Waals surface area contributed by atoms with Crippen LogP contribution in [0.15, 0.2) is 24.3 Å². The van der Waals surface area contributed by atoms with Crippen LogP contribution in [0.25, 0.3) is 0 Å². The Kier molecular flexibility index (Phi) is 8.31. The van der Waals surface area contributed by atoms with Crippen LogP contribution < -0.4 is 5.32 Å². The Labute approximate surface area is 123 Å². The summed E-state index contributed by atoms with van der Waals surface area (Å²) in [5, 5.41) is 13.2. The van der Waals surface area contributed by atoms with Crippen molar-refractivity contribution in [3.05, 3.63) is 29.8 Å². The number of rotatable bonds is 10. The maximum absolute atomic E-state index is 9.90. The Morgan fingerprint density at radius 3 is 2.70 bits per heavy atom. The minimum absolute atomic E-state index is 0.402. The maximum Gasteiger partial charge on any atom is 0.0945 e. The number of ether oxygens (including phenoxy) is 1. The summed E-state index contributed by atoms with van der Waals surface area (Å²) in [5.74, 6) is 0.718. The summed E-state index contributed by atoms with van der Waals surface area (Å²) < 4.78 is 5.50. The number of hydrogen-bond donors (Lipinski definition) is 2. The van der Waals surface area contributed by atoms with Gasteiger partial charge in [0.15, 0.2) is 0 Å². The first-order valence-corrected chi connectivity index (χ1v) is 7.71. The molecule has 1 aromatic carbocycles. The second kappa shape index (κ2) is 9.78. The molecular formula is C17H29NO2. The number of aryl methyl sites for hydroxylation is 1. The molecular weight excluding hydrogens is 250 g/mol. The first-order valence-electron chi connectivity index (χ1n) is 7.71. The van der Waals surface area contributed by atoms with Crippen molar-refractivity contribution in [2.75, 3.05) is 25.1 Å². The molecule has 0 fully saturated rings. The van der Waals surface area contributed by atoms with Gasteiger partial charge >= 0.3 is 0 Å². The van der Waals surface area contributed by atoms with Gasteiger partial charge in [-0.25, -0.2) is 0 Å². The summed E-state index contributed by atoms with van der Waals surface area (Å²) in [5.41, 5.74) is 2.38. The van der Waals surface area contributed by atoms with Gasteiger partial charge in [0.1, 0.15) is 0 Å². The highest BCUT2D eigenvalue weighted by Gasteiger charge is 2.06. The Hall–Kier alpha value is -1.06. The highest BCUT2D eigenvalue weighted by molar-refractivity contribution is 5.51. The molecule has 0 spiro atoms. The lowest BCUT2D eigenvalue weighted by molar-refractivity contribution is 0.0409. The summed E-state index contributed by atoms with van der Waals surface area (Å²) in [7, 11) is 0. The zero-order valence-corrected chi connectivity index (χ0v) is 13.1. The number of hydrogen-bond acceptors (Lipinski definition) is 3. The molecule has 2 N–H and O–H groups in total. The molecule has 0 heterocycles. The third-order valence-electron chi connectivity index (χ3n) is 3.31. The van der Waals surface area contributed by atoms with Crippen molar-refractivity contribution in [3.63, 3.8) is 0 Å². The molecule has 0 saturated heterocycles. The van der Waals surface area contributed by atoms with Crippen LogP contribution in [0.2, 0.25) is 0 Å². The van der Waals surface area contributed by atoms with Gasteiger partial charge in [-0.05, 0) is 36.8 Å². The Bertz CT molecular complexity index is 366. The largest absolute Gasteiger partial charge is 0.389 e. The first kappa shape index (κ1) is 17.0. The molecule has 3 heteroatoms. The molecule has 20 heavy (non-hydrogen) atoms. The quantitative estimate of drug-likeness (QED) is 0.644. The highest BCUT2D eigenvalue weighted by Crippen LogP contribution is 2.15. The Balaban J connectivity index is 2.18. The molecule has 3 nitrogen and oxygen atoms in total. The van der Waals surface area contributed by atoms with E-state index in [0.29, 0.717) is 13.2 Å². The third-order valence-corrected chi connectivity index (χ3v) is 3.31. The average Bonchev–Trinajstić information content (AvgIpc) is 2.44. The van der Waals surface area contributed by atoms with Gasteiger partial charge in [-0.3, -0.25) is 0 Å². The van der Waals surface area contributed by atoms with Gasteiger partial charge in [-0.15, -0.1) is 0 Å². The molecule has 0 aromatic heterocycles. The molecule has 0 saturated carbocycles. The lowest BCUT2D eigenvalue weighted by Crippen LogP contribution is -2.25. The van der Waals surface area contributed by atoms with Crippen molar-refractivity contribution in [3.8, 4) is 0 Å². The van der Waals surface area contributed by atoms with E-state index in [2.05, 4.69) is 38.2 Å². The Morgan fingerprint density at radius 1 is 1.25 bits per heavy atom. The summed E-state index contributed by atoms with van der Waals surface area (Å²) >= 11 is 0. The number of para-hydroxylation sites is 1. The third kappa shape index (κ3) is 6.92. The van der Waals surface area contributed by atoms with Crippen LogP contribution in [0.4, 0.5) is 5.69 Å². The van der Waals surface area contributed by atoms with E-state index in [1.165, 1.54) is 12.0 Å². The van der Waals surface area contributed by atoms with Gasteiger partial charge in [0.25, 0.3) is 0 Å². The lowest BCUT2D eigenvalue weighted by Gasteiger charge is -2.15. The van der Waals surface area contributed by atoms with E-state index >= 15 is 0 Å². The van der Waals surface area contributed by atoms with E-state index in [-0.39, 0.29) is 0 Å². The number of anilines is 1. The normalized spacial score (nSPS) is 12.7. The minimum Gasteiger partial charge on any atom is -0.389 e. The molecule has 1 rings (SSSR count). The first-order chi connectivity index (χ1) is 9.63. The van der Waals surface area contributed by atoms with Crippen molar-refractivity contribution in [1.29, 1.82) is 0 Å². The van der Waals surface area contributed by atoms with Crippen molar-refractivity contribution in [2.24, 2.45) is 5.92 Å². The van der Waals surface area contributed by atoms with Gasteiger partial charge < -0.3 is 15.2 Å². The second-order valence-corrected chi connectivity index (χ2v) is 5.66. The van der Waals surface area contributed by atoms with Crippen LogP contribution in [0.1, 0.15) is 39.2 Å². The monoisotopic (exact) mass is 279 g/mol. The molecule has 1 atom stereocenters. The summed E-state index contributed by atoms with van der Waals surface area (Å²) in [6.07, 6.45) is 2.78. The average molecular weight is 279 g/mol. The molecule has 0 amide bonds. The van der Waals surface area contributed by atoms with Crippen molar-refractivity contribution in [2.45, 2.75) is 46.1 Å². The molecule has 114 valence electrons. The SMILES string of the molecule is CCc1ccccc1NCC(O)COCCCC(C)C. The predicted octanol–water partition coefficient (Wildman–Crippen LogP) is 3.47. The van der Waals surface area contributed by atoms with Crippen LogP contribution in [0.5, 0.6) is 0 Å². The van der Waals surface area contributed by atoms with E-state index < -0.39 is 6.10 Å². The minimum atomic E-state index is -0.459. The maximum atomic E-state index is 9.90. The topological polar surface area (TPSA) is 41.5 Å². The number of aliphatic hydroxyl groups is 1. The van der Waals surface area contributed by atoms with Gasteiger partial charge in [0.05, 0.1) is 12.7 Å². The van der Waals surface area contributed by atoms with Gasteiger partial charge in [-0.1, -0.05) is 39.0 Å². The van der Waals surface area contributed by atoms with E-state index in [1.54, 1.807) is 0 Å². The van der Waals surface area contributed by atoms with Crippen molar-refractivity contribution in [1.82, 2.24) is 0 Å². The van der Waals surface area contributed by atoms with Crippen LogP contribution in [-0.2, 0) is 11.2 Å². The van der Waals surface area contributed by atoms with Crippen LogP contribution in [-0.4, -0.2) is 31.0 Å².